The Morgan fingerprint density at radius 2 is 1.92 bits per heavy atom. The molecule has 0 saturated heterocycles. The fraction of sp³-hybridized carbons (Fsp3) is 0.350. The van der Waals surface area contributed by atoms with Gasteiger partial charge < -0.3 is 15.4 Å². The highest BCUT2D eigenvalue weighted by Gasteiger charge is 2.22. The van der Waals surface area contributed by atoms with E-state index < -0.39 is 5.82 Å². The molecule has 0 aliphatic heterocycles. The van der Waals surface area contributed by atoms with Crippen LogP contribution in [0, 0.1) is 5.82 Å². The van der Waals surface area contributed by atoms with Crippen molar-refractivity contribution in [1.29, 1.82) is 0 Å². The lowest BCUT2D eigenvalue weighted by Gasteiger charge is -2.23. The van der Waals surface area contributed by atoms with Crippen LogP contribution < -0.4 is 15.4 Å². The molecule has 0 radical (unpaired) electrons. The van der Waals surface area contributed by atoms with E-state index in [0.717, 1.165) is 0 Å². The Hall–Kier alpha value is -2.11. The molecule has 0 unspecified atom stereocenters. The Morgan fingerprint density at radius 3 is 2.54 bits per heavy atom. The van der Waals surface area contributed by atoms with Gasteiger partial charge in [-0.25, -0.2) is 4.39 Å². The summed E-state index contributed by atoms with van der Waals surface area (Å²) < 4.78 is 20.8. The zero-order valence-electron chi connectivity index (χ0n) is 15.2. The maximum absolute atomic E-state index is 15.1. The smallest absolute Gasteiger partial charge is 0.221 e. The van der Waals surface area contributed by atoms with E-state index in [1.807, 2.05) is 32.0 Å². The molecule has 140 valence electrons. The quantitative estimate of drug-likeness (QED) is 0.691. The summed E-state index contributed by atoms with van der Waals surface area (Å²) in [6, 6.07) is 11.9. The maximum Gasteiger partial charge on any atom is 0.221 e. The first-order valence-corrected chi connectivity index (χ1v) is 9.01. The van der Waals surface area contributed by atoms with Crippen LogP contribution in [0.3, 0.4) is 0 Å². The number of hydrogen-bond donors (Lipinski definition) is 2. The molecule has 0 bridgehead atoms. The number of carbonyl (C=O) groups is 1. The average molecular weight is 379 g/mol. The van der Waals surface area contributed by atoms with Gasteiger partial charge in [0.05, 0.1) is 5.02 Å². The van der Waals surface area contributed by atoms with Crippen LogP contribution in [0.5, 0.6) is 11.5 Å². The van der Waals surface area contributed by atoms with Crippen LogP contribution in [0.25, 0.3) is 0 Å². The van der Waals surface area contributed by atoms with Gasteiger partial charge in [0, 0.05) is 31.1 Å². The standard InChI is InChI=1S/C20H24ClFN2O2/c1-4-17(24-13(2)12-18(25)23-3)15-10-11-16(21)20(19(15)22)26-14-8-6-5-7-9-14/h5-11,13,17,24H,4,12H2,1-3H3,(H,23,25)/t13-,17+/m0/s1. The second-order valence-corrected chi connectivity index (χ2v) is 6.51. The molecular formula is C20H24ClFN2O2. The van der Waals surface area contributed by atoms with E-state index in [0.29, 0.717) is 24.2 Å². The summed E-state index contributed by atoms with van der Waals surface area (Å²) in [5, 5.41) is 6.10. The summed E-state index contributed by atoms with van der Waals surface area (Å²) >= 11 is 6.15. The molecule has 0 aliphatic rings. The fourth-order valence-corrected chi connectivity index (χ4v) is 2.91. The summed E-state index contributed by atoms with van der Waals surface area (Å²) in [4.78, 5) is 11.5. The topological polar surface area (TPSA) is 50.4 Å². The van der Waals surface area contributed by atoms with E-state index in [9.17, 15) is 4.79 Å². The van der Waals surface area contributed by atoms with Gasteiger partial charge in [-0.15, -0.1) is 0 Å². The number of ether oxygens (including phenoxy) is 1. The Bertz CT molecular complexity index is 740. The minimum atomic E-state index is -0.493. The van der Waals surface area contributed by atoms with Gasteiger partial charge in [-0.2, -0.15) is 0 Å². The monoisotopic (exact) mass is 378 g/mol. The third-order valence-electron chi connectivity index (χ3n) is 4.08. The predicted octanol–water partition coefficient (Wildman–Crippen LogP) is 4.84. The first kappa shape index (κ1) is 20.2. The molecule has 0 fully saturated rings. The summed E-state index contributed by atoms with van der Waals surface area (Å²) in [5.41, 5.74) is 0.464. The minimum Gasteiger partial charge on any atom is -0.453 e. The second-order valence-electron chi connectivity index (χ2n) is 6.10. The number of benzene rings is 2. The lowest BCUT2D eigenvalue weighted by Crippen LogP contribution is -2.35. The van der Waals surface area contributed by atoms with Crippen molar-refractivity contribution in [1.82, 2.24) is 10.6 Å². The van der Waals surface area contributed by atoms with Gasteiger partial charge in [0.15, 0.2) is 11.6 Å². The molecule has 0 saturated carbocycles. The van der Waals surface area contributed by atoms with Gasteiger partial charge in [0.1, 0.15) is 5.75 Å². The SMILES string of the molecule is CC[C@@H](N[C@@H](C)CC(=O)NC)c1ccc(Cl)c(Oc2ccccc2)c1F. The minimum absolute atomic E-state index is 0.00886. The van der Waals surface area contributed by atoms with Gasteiger partial charge in [-0.3, -0.25) is 4.79 Å². The van der Waals surface area contributed by atoms with E-state index in [-0.39, 0.29) is 28.8 Å². The number of amides is 1. The fourth-order valence-electron chi connectivity index (χ4n) is 2.73. The largest absolute Gasteiger partial charge is 0.453 e. The van der Waals surface area contributed by atoms with Gasteiger partial charge in [0.25, 0.3) is 0 Å². The Balaban J connectivity index is 2.24. The van der Waals surface area contributed by atoms with Crippen molar-refractivity contribution in [3.63, 3.8) is 0 Å². The number of hydrogen-bond acceptors (Lipinski definition) is 3. The molecule has 1 amide bonds. The van der Waals surface area contributed by atoms with E-state index in [2.05, 4.69) is 10.6 Å². The second kappa shape index (κ2) is 9.55. The average Bonchev–Trinajstić information content (AvgIpc) is 2.64. The van der Waals surface area contributed by atoms with Crippen LogP contribution in [0.2, 0.25) is 5.02 Å². The summed E-state index contributed by atoms with van der Waals surface area (Å²) in [6.45, 7) is 3.85. The summed E-state index contributed by atoms with van der Waals surface area (Å²) in [6.07, 6.45) is 0.969. The molecule has 0 heterocycles. The molecule has 6 heteroatoms. The van der Waals surface area contributed by atoms with E-state index >= 15 is 4.39 Å². The van der Waals surface area contributed by atoms with Crippen LogP contribution in [0.1, 0.15) is 38.3 Å². The highest BCUT2D eigenvalue weighted by Crippen LogP contribution is 2.36. The maximum atomic E-state index is 15.1. The van der Waals surface area contributed by atoms with Gasteiger partial charge in [0.2, 0.25) is 5.91 Å². The van der Waals surface area contributed by atoms with Crippen LogP contribution >= 0.6 is 11.6 Å². The number of para-hydroxylation sites is 1. The van der Waals surface area contributed by atoms with Gasteiger partial charge >= 0.3 is 0 Å². The van der Waals surface area contributed by atoms with Crippen molar-refractivity contribution in [2.24, 2.45) is 0 Å². The molecular weight excluding hydrogens is 355 g/mol. The molecule has 2 rings (SSSR count). The zero-order chi connectivity index (χ0) is 19.1. The van der Waals surface area contributed by atoms with Crippen molar-refractivity contribution < 1.29 is 13.9 Å². The summed E-state index contributed by atoms with van der Waals surface area (Å²) in [7, 11) is 1.60. The Morgan fingerprint density at radius 1 is 1.23 bits per heavy atom. The summed E-state index contributed by atoms with van der Waals surface area (Å²) in [5.74, 6) is -0.0357. The molecule has 2 atom stereocenters. The van der Waals surface area contributed by atoms with E-state index in [1.165, 1.54) is 0 Å². The Labute approximate surface area is 158 Å². The number of carbonyl (C=O) groups excluding carboxylic acids is 1. The van der Waals surface area contributed by atoms with Crippen LogP contribution in [0.15, 0.2) is 42.5 Å². The molecule has 2 aromatic carbocycles. The lowest BCUT2D eigenvalue weighted by atomic mass is 10.0. The molecule has 26 heavy (non-hydrogen) atoms. The first-order valence-electron chi connectivity index (χ1n) is 8.63. The first-order chi connectivity index (χ1) is 12.5. The lowest BCUT2D eigenvalue weighted by molar-refractivity contribution is -0.121. The highest BCUT2D eigenvalue weighted by molar-refractivity contribution is 6.32. The Kier molecular flexibility index (Phi) is 7.42. The third-order valence-corrected chi connectivity index (χ3v) is 4.38. The third kappa shape index (κ3) is 5.19. The zero-order valence-corrected chi connectivity index (χ0v) is 15.9. The van der Waals surface area contributed by atoms with Gasteiger partial charge in [-0.05, 0) is 31.5 Å². The van der Waals surface area contributed by atoms with E-state index in [4.69, 9.17) is 16.3 Å². The molecule has 0 aromatic heterocycles. The molecule has 4 nitrogen and oxygen atoms in total. The van der Waals surface area contributed by atoms with Crippen molar-refractivity contribution in [2.45, 2.75) is 38.8 Å². The molecule has 0 spiro atoms. The van der Waals surface area contributed by atoms with Crippen LogP contribution in [-0.4, -0.2) is 19.0 Å². The van der Waals surface area contributed by atoms with Crippen molar-refractivity contribution >= 4 is 17.5 Å². The molecule has 0 aliphatic carbocycles. The number of rotatable bonds is 8. The van der Waals surface area contributed by atoms with Crippen molar-refractivity contribution in [3.8, 4) is 11.5 Å². The van der Waals surface area contributed by atoms with Crippen molar-refractivity contribution in [3.05, 3.63) is 58.9 Å². The van der Waals surface area contributed by atoms with Crippen LogP contribution in [0.4, 0.5) is 4.39 Å². The number of nitrogens with one attached hydrogen (secondary N) is 2. The molecule has 2 N–H and O–H groups in total. The molecule has 2 aromatic rings. The van der Waals surface area contributed by atoms with Crippen molar-refractivity contribution in [2.75, 3.05) is 7.05 Å². The highest BCUT2D eigenvalue weighted by atomic mass is 35.5. The van der Waals surface area contributed by atoms with Gasteiger partial charge in [-0.1, -0.05) is 42.8 Å². The number of halogens is 2. The predicted molar refractivity (Wildman–Crippen MR) is 102 cm³/mol. The van der Waals surface area contributed by atoms with E-state index in [1.54, 1.807) is 31.3 Å². The van der Waals surface area contributed by atoms with Crippen LogP contribution in [-0.2, 0) is 4.79 Å². The normalized spacial score (nSPS) is 13.1.